The van der Waals surface area contributed by atoms with Gasteiger partial charge in [0.2, 0.25) is 0 Å². The van der Waals surface area contributed by atoms with Crippen molar-refractivity contribution in [1.29, 1.82) is 0 Å². The Morgan fingerprint density at radius 2 is 2.18 bits per heavy atom. The highest BCUT2D eigenvalue weighted by atomic mass is 79.9. The first-order chi connectivity index (χ1) is 8.08. The second-order valence-electron chi connectivity index (χ2n) is 3.51. The van der Waals surface area contributed by atoms with Crippen molar-refractivity contribution in [2.45, 2.75) is 6.92 Å². The number of hydrogen-bond acceptors (Lipinski definition) is 2. The van der Waals surface area contributed by atoms with Gasteiger partial charge >= 0.3 is 0 Å². The fraction of sp³-hybridized carbons (Fsp3) is 0.0833. The molecule has 1 aromatic heterocycles. The number of aryl methyl sites for hydroxylation is 1. The van der Waals surface area contributed by atoms with Crippen LogP contribution in [0.25, 0.3) is 0 Å². The number of amides is 1. The maximum Gasteiger partial charge on any atom is 0.266 e. The maximum atomic E-state index is 12.0. The molecule has 2 nitrogen and oxygen atoms in total. The first-order valence-electron chi connectivity index (χ1n) is 4.88. The van der Waals surface area contributed by atoms with Crippen molar-refractivity contribution >= 4 is 50.5 Å². The van der Waals surface area contributed by atoms with Gasteiger partial charge in [0.25, 0.3) is 5.91 Å². The largest absolute Gasteiger partial charge is 0.320 e. The fourth-order valence-corrected chi connectivity index (χ4v) is 2.72. The molecule has 0 aliphatic carbocycles. The Morgan fingerprint density at radius 1 is 1.41 bits per heavy atom. The van der Waals surface area contributed by atoms with Gasteiger partial charge in [0.15, 0.2) is 0 Å². The molecule has 0 aliphatic heterocycles. The van der Waals surface area contributed by atoms with Crippen LogP contribution in [0.2, 0.25) is 5.02 Å². The van der Waals surface area contributed by atoms with E-state index in [1.807, 2.05) is 18.4 Å². The van der Waals surface area contributed by atoms with Gasteiger partial charge in [0.05, 0.1) is 10.6 Å². The SMILES string of the molecule is Cc1ccsc1C(=O)Nc1cc(Cl)ccc1Br. The van der Waals surface area contributed by atoms with E-state index in [0.717, 1.165) is 14.9 Å². The number of hydrogen-bond donors (Lipinski definition) is 1. The minimum atomic E-state index is -0.111. The van der Waals surface area contributed by atoms with E-state index < -0.39 is 0 Å². The van der Waals surface area contributed by atoms with Crippen LogP contribution in [0.3, 0.4) is 0 Å². The maximum absolute atomic E-state index is 12.0. The summed E-state index contributed by atoms with van der Waals surface area (Å²) in [7, 11) is 0. The first kappa shape index (κ1) is 12.6. The van der Waals surface area contributed by atoms with E-state index in [4.69, 9.17) is 11.6 Å². The Kier molecular flexibility index (Phi) is 3.86. The minimum Gasteiger partial charge on any atom is -0.320 e. The Balaban J connectivity index is 2.24. The van der Waals surface area contributed by atoms with Gasteiger partial charge in [0.1, 0.15) is 0 Å². The predicted molar refractivity (Wildman–Crippen MR) is 76.2 cm³/mol. The predicted octanol–water partition coefficient (Wildman–Crippen LogP) is 4.72. The summed E-state index contributed by atoms with van der Waals surface area (Å²) in [6.07, 6.45) is 0. The minimum absolute atomic E-state index is 0.111. The van der Waals surface area contributed by atoms with Crippen LogP contribution in [0.5, 0.6) is 0 Å². The van der Waals surface area contributed by atoms with Crippen molar-refractivity contribution in [1.82, 2.24) is 0 Å². The van der Waals surface area contributed by atoms with Gasteiger partial charge in [-0.3, -0.25) is 4.79 Å². The quantitative estimate of drug-likeness (QED) is 0.847. The van der Waals surface area contributed by atoms with Gasteiger partial charge in [-0.15, -0.1) is 11.3 Å². The zero-order valence-corrected chi connectivity index (χ0v) is 12.1. The van der Waals surface area contributed by atoms with E-state index in [0.29, 0.717) is 10.7 Å². The molecule has 0 radical (unpaired) electrons. The summed E-state index contributed by atoms with van der Waals surface area (Å²) in [6, 6.07) is 7.20. The third kappa shape index (κ3) is 2.89. The standard InChI is InChI=1S/C12H9BrClNOS/c1-7-4-5-17-11(7)12(16)15-10-6-8(14)2-3-9(10)13/h2-6H,1H3,(H,15,16). The third-order valence-corrected chi connectivity index (χ3v) is 4.19. The highest BCUT2D eigenvalue weighted by Crippen LogP contribution is 2.27. The molecule has 2 aromatic rings. The first-order valence-corrected chi connectivity index (χ1v) is 6.93. The molecule has 0 saturated heterocycles. The molecule has 0 bridgehead atoms. The lowest BCUT2D eigenvalue weighted by Gasteiger charge is -2.07. The summed E-state index contributed by atoms with van der Waals surface area (Å²) in [4.78, 5) is 12.7. The molecule has 0 aliphatic rings. The zero-order valence-electron chi connectivity index (χ0n) is 8.96. The van der Waals surface area contributed by atoms with E-state index >= 15 is 0 Å². The molecule has 1 amide bonds. The molecular formula is C12H9BrClNOS. The summed E-state index contributed by atoms with van der Waals surface area (Å²) in [5, 5.41) is 5.32. The van der Waals surface area contributed by atoms with Gasteiger partial charge in [-0.2, -0.15) is 0 Å². The molecule has 1 aromatic carbocycles. The summed E-state index contributed by atoms with van der Waals surface area (Å²) < 4.78 is 0.810. The summed E-state index contributed by atoms with van der Waals surface area (Å²) >= 11 is 10.7. The lowest BCUT2D eigenvalue weighted by atomic mass is 10.2. The average Bonchev–Trinajstić information content (AvgIpc) is 2.70. The number of halogens is 2. The van der Waals surface area contributed by atoms with Crippen molar-refractivity contribution in [3.8, 4) is 0 Å². The molecular weight excluding hydrogens is 322 g/mol. The molecule has 2 rings (SSSR count). The normalized spacial score (nSPS) is 10.3. The highest BCUT2D eigenvalue weighted by Gasteiger charge is 2.12. The van der Waals surface area contributed by atoms with Crippen molar-refractivity contribution < 1.29 is 4.79 Å². The number of anilines is 1. The van der Waals surface area contributed by atoms with Crippen LogP contribution in [0, 0.1) is 6.92 Å². The van der Waals surface area contributed by atoms with Crippen LogP contribution in [0.4, 0.5) is 5.69 Å². The smallest absolute Gasteiger partial charge is 0.266 e. The highest BCUT2D eigenvalue weighted by molar-refractivity contribution is 9.10. The molecule has 0 unspecified atom stereocenters. The van der Waals surface area contributed by atoms with Crippen molar-refractivity contribution in [3.05, 3.63) is 49.6 Å². The van der Waals surface area contributed by atoms with E-state index in [2.05, 4.69) is 21.2 Å². The third-order valence-electron chi connectivity index (χ3n) is 2.24. The van der Waals surface area contributed by atoms with E-state index in [1.54, 1.807) is 18.2 Å². The number of rotatable bonds is 2. The molecule has 17 heavy (non-hydrogen) atoms. The Labute approximate surface area is 117 Å². The number of nitrogens with one attached hydrogen (secondary N) is 1. The molecule has 0 spiro atoms. The second-order valence-corrected chi connectivity index (χ2v) is 5.72. The van der Waals surface area contributed by atoms with Gasteiger partial charge < -0.3 is 5.32 Å². The fourth-order valence-electron chi connectivity index (χ4n) is 1.38. The molecule has 1 heterocycles. The van der Waals surface area contributed by atoms with Crippen molar-refractivity contribution in [3.63, 3.8) is 0 Å². The molecule has 1 N–H and O–H groups in total. The molecule has 0 atom stereocenters. The van der Waals surface area contributed by atoms with Crippen molar-refractivity contribution in [2.75, 3.05) is 5.32 Å². The molecule has 5 heteroatoms. The topological polar surface area (TPSA) is 29.1 Å². The van der Waals surface area contributed by atoms with E-state index in [1.165, 1.54) is 11.3 Å². The van der Waals surface area contributed by atoms with Crippen LogP contribution >= 0.6 is 38.9 Å². The molecule has 0 saturated carbocycles. The summed E-state index contributed by atoms with van der Waals surface area (Å²) in [6.45, 7) is 1.92. The average molecular weight is 331 g/mol. The van der Waals surface area contributed by atoms with Crippen LogP contribution in [-0.2, 0) is 0 Å². The van der Waals surface area contributed by atoms with Crippen LogP contribution in [-0.4, -0.2) is 5.91 Å². The Bertz CT molecular complexity index is 567. The number of carbonyl (C=O) groups excluding carboxylic acids is 1. The number of carbonyl (C=O) groups is 1. The van der Waals surface area contributed by atoms with Gasteiger partial charge in [-0.1, -0.05) is 11.6 Å². The van der Waals surface area contributed by atoms with Crippen molar-refractivity contribution in [2.24, 2.45) is 0 Å². The van der Waals surface area contributed by atoms with Crippen LogP contribution in [0.15, 0.2) is 34.1 Å². The lowest BCUT2D eigenvalue weighted by molar-refractivity contribution is 0.103. The Hall–Kier alpha value is -0.840. The lowest BCUT2D eigenvalue weighted by Crippen LogP contribution is -2.11. The summed E-state index contributed by atoms with van der Waals surface area (Å²) in [5.74, 6) is -0.111. The second kappa shape index (κ2) is 5.21. The van der Waals surface area contributed by atoms with E-state index in [9.17, 15) is 4.79 Å². The molecule has 88 valence electrons. The van der Waals surface area contributed by atoms with Gasteiger partial charge in [-0.05, 0) is 58.1 Å². The summed E-state index contributed by atoms with van der Waals surface area (Å²) in [5.41, 5.74) is 1.65. The van der Waals surface area contributed by atoms with Gasteiger partial charge in [0, 0.05) is 9.50 Å². The Morgan fingerprint density at radius 3 is 2.82 bits per heavy atom. The monoisotopic (exact) mass is 329 g/mol. The number of benzene rings is 1. The molecule has 0 fully saturated rings. The van der Waals surface area contributed by atoms with Gasteiger partial charge in [-0.25, -0.2) is 0 Å². The number of thiophene rings is 1. The van der Waals surface area contributed by atoms with Crippen LogP contribution in [0.1, 0.15) is 15.2 Å². The zero-order chi connectivity index (χ0) is 12.4. The van der Waals surface area contributed by atoms with E-state index in [-0.39, 0.29) is 5.91 Å². The van der Waals surface area contributed by atoms with Crippen LogP contribution < -0.4 is 5.32 Å².